The third-order valence-corrected chi connectivity index (χ3v) is 4.19. The van der Waals surface area contributed by atoms with Crippen molar-refractivity contribution >= 4 is 5.78 Å². The van der Waals surface area contributed by atoms with Crippen molar-refractivity contribution in [3.05, 3.63) is 0 Å². The summed E-state index contributed by atoms with van der Waals surface area (Å²) in [6, 6.07) is 0.693. The van der Waals surface area contributed by atoms with Crippen LogP contribution in [-0.2, 0) is 4.79 Å². The maximum absolute atomic E-state index is 11.5. The zero-order valence-electron chi connectivity index (χ0n) is 12.1. The molecule has 0 N–H and O–H groups in total. The Morgan fingerprint density at radius 3 is 2.18 bits per heavy atom. The maximum Gasteiger partial charge on any atom is 0.136 e. The largest absolute Gasteiger partial charge is 0.300 e. The Bertz CT molecular complexity index is 255. The van der Waals surface area contributed by atoms with Gasteiger partial charge in [0, 0.05) is 44.2 Å². The first-order chi connectivity index (χ1) is 7.86. The van der Waals surface area contributed by atoms with Gasteiger partial charge in [-0.05, 0) is 20.3 Å². The molecule has 1 heterocycles. The van der Waals surface area contributed by atoms with E-state index in [0.29, 0.717) is 11.8 Å². The zero-order valence-corrected chi connectivity index (χ0v) is 12.1. The Labute approximate surface area is 106 Å². The fourth-order valence-corrected chi connectivity index (χ4v) is 2.29. The van der Waals surface area contributed by atoms with Crippen LogP contribution in [0, 0.1) is 5.41 Å². The summed E-state index contributed by atoms with van der Waals surface area (Å²) >= 11 is 0. The second kappa shape index (κ2) is 5.96. The van der Waals surface area contributed by atoms with Crippen molar-refractivity contribution in [1.82, 2.24) is 9.80 Å². The van der Waals surface area contributed by atoms with Gasteiger partial charge in [-0.3, -0.25) is 14.6 Å². The normalized spacial score (nSPS) is 21.5. The molecule has 100 valence electrons. The summed E-state index contributed by atoms with van der Waals surface area (Å²) in [7, 11) is 0. The monoisotopic (exact) mass is 240 g/mol. The molecule has 1 rings (SSSR count). The van der Waals surface area contributed by atoms with Gasteiger partial charge in [-0.25, -0.2) is 0 Å². The van der Waals surface area contributed by atoms with E-state index < -0.39 is 0 Å². The first-order valence-corrected chi connectivity index (χ1v) is 6.84. The average Bonchev–Trinajstić information content (AvgIpc) is 2.28. The van der Waals surface area contributed by atoms with Gasteiger partial charge in [-0.2, -0.15) is 0 Å². The molecule has 0 aromatic heterocycles. The zero-order chi connectivity index (χ0) is 13.1. The molecule has 3 heteroatoms. The summed E-state index contributed by atoms with van der Waals surface area (Å²) in [5.74, 6) is 0.293. The second-order valence-electron chi connectivity index (χ2n) is 6.01. The van der Waals surface area contributed by atoms with Gasteiger partial charge < -0.3 is 0 Å². The van der Waals surface area contributed by atoms with E-state index in [-0.39, 0.29) is 5.41 Å². The van der Waals surface area contributed by atoms with Crippen LogP contribution in [0.2, 0.25) is 0 Å². The van der Waals surface area contributed by atoms with Crippen molar-refractivity contribution in [3.63, 3.8) is 0 Å². The molecule has 1 aliphatic heterocycles. The molecule has 0 radical (unpaired) electrons. The van der Waals surface area contributed by atoms with Gasteiger partial charge in [0.1, 0.15) is 5.78 Å². The van der Waals surface area contributed by atoms with E-state index in [4.69, 9.17) is 0 Å². The number of ketones is 1. The van der Waals surface area contributed by atoms with Gasteiger partial charge in [0.2, 0.25) is 0 Å². The number of nitrogens with zero attached hydrogens (tertiary/aromatic N) is 2. The standard InChI is InChI=1S/C14H28N2O/c1-6-12(2)16-9-7-15(8-10-16)11-14(4,5)13(3)17/h12H,6-11H2,1-5H3. The minimum Gasteiger partial charge on any atom is -0.300 e. The molecular weight excluding hydrogens is 212 g/mol. The van der Waals surface area contributed by atoms with Crippen molar-refractivity contribution in [2.24, 2.45) is 5.41 Å². The molecule has 0 aromatic rings. The summed E-state index contributed by atoms with van der Waals surface area (Å²) in [5.41, 5.74) is -0.196. The van der Waals surface area contributed by atoms with E-state index in [0.717, 1.165) is 32.7 Å². The molecular formula is C14H28N2O. The van der Waals surface area contributed by atoms with Crippen LogP contribution in [0.4, 0.5) is 0 Å². The quantitative estimate of drug-likeness (QED) is 0.734. The molecule has 1 saturated heterocycles. The highest BCUT2D eigenvalue weighted by molar-refractivity contribution is 5.81. The molecule has 17 heavy (non-hydrogen) atoms. The molecule has 1 unspecified atom stereocenters. The molecule has 3 nitrogen and oxygen atoms in total. The second-order valence-corrected chi connectivity index (χ2v) is 6.01. The topological polar surface area (TPSA) is 23.6 Å². The molecule has 0 amide bonds. The number of rotatable bonds is 5. The highest BCUT2D eigenvalue weighted by Gasteiger charge is 2.29. The molecule has 0 aromatic carbocycles. The van der Waals surface area contributed by atoms with Gasteiger partial charge in [-0.15, -0.1) is 0 Å². The Balaban J connectivity index is 2.40. The number of piperazine rings is 1. The summed E-state index contributed by atoms with van der Waals surface area (Å²) in [6.45, 7) is 15.7. The third kappa shape index (κ3) is 4.07. The predicted octanol–water partition coefficient (Wildman–Crippen LogP) is 2.02. The Morgan fingerprint density at radius 2 is 1.76 bits per heavy atom. The number of hydrogen-bond donors (Lipinski definition) is 0. The van der Waals surface area contributed by atoms with Gasteiger partial charge in [0.05, 0.1) is 0 Å². The van der Waals surface area contributed by atoms with Crippen LogP contribution in [0.1, 0.15) is 41.0 Å². The lowest BCUT2D eigenvalue weighted by atomic mass is 9.88. The minimum absolute atomic E-state index is 0.196. The summed E-state index contributed by atoms with van der Waals surface area (Å²) in [5, 5.41) is 0. The van der Waals surface area contributed by atoms with Crippen LogP contribution < -0.4 is 0 Å². The Morgan fingerprint density at radius 1 is 1.24 bits per heavy atom. The minimum atomic E-state index is -0.196. The molecule has 1 atom stereocenters. The lowest BCUT2D eigenvalue weighted by molar-refractivity contribution is -0.126. The van der Waals surface area contributed by atoms with Gasteiger partial charge >= 0.3 is 0 Å². The van der Waals surface area contributed by atoms with E-state index in [9.17, 15) is 4.79 Å². The summed E-state index contributed by atoms with van der Waals surface area (Å²) < 4.78 is 0. The van der Waals surface area contributed by atoms with E-state index in [1.54, 1.807) is 6.92 Å². The smallest absolute Gasteiger partial charge is 0.136 e. The molecule has 1 aliphatic rings. The predicted molar refractivity (Wildman–Crippen MR) is 72.2 cm³/mol. The van der Waals surface area contributed by atoms with Crippen LogP contribution in [0.25, 0.3) is 0 Å². The average molecular weight is 240 g/mol. The van der Waals surface area contributed by atoms with Crippen LogP contribution in [-0.4, -0.2) is 54.3 Å². The molecule has 0 aliphatic carbocycles. The van der Waals surface area contributed by atoms with Crippen LogP contribution in [0.15, 0.2) is 0 Å². The van der Waals surface area contributed by atoms with Gasteiger partial charge in [0.15, 0.2) is 0 Å². The maximum atomic E-state index is 11.5. The first kappa shape index (κ1) is 14.7. The Hall–Kier alpha value is -0.410. The van der Waals surface area contributed by atoms with Crippen LogP contribution >= 0.6 is 0 Å². The molecule has 0 bridgehead atoms. The fraction of sp³-hybridized carbons (Fsp3) is 0.929. The lowest BCUT2D eigenvalue weighted by Crippen LogP contribution is -2.52. The third-order valence-electron chi connectivity index (χ3n) is 4.19. The van der Waals surface area contributed by atoms with Crippen molar-refractivity contribution in [1.29, 1.82) is 0 Å². The highest BCUT2D eigenvalue weighted by Crippen LogP contribution is 2.19. The van der Waals surface area contributed by atoms with Crippen LogP contribution in [0.3, 0.4) is 0 Å². The highest BCUT2D eigenvalue weighted by atomic mass is 16.1. The van der Waals surface area contributed by atoms with Crippen molar-refractivity contribution in [2.45, 2.75) is 47.1 Å². The number of carbonyl (C=O) groups is 1. The number of Topliss-reactive ketones (excluding diaryl/α,β-unsaturated/α-hetero) is 1. The molecule has 0 saturated carbocycles. The van der Waals surface area contributed by atoms with E-state index in [2.05, 4.69) is 37.5 Å². The SMILES string of the molecule is CCC(C)N1CCN(CC(C)(C)C(C)=O)CC1. The summed E-state index contributed by atoms with van der Waals surface area (Å²) in [4.78, 5) is 16.5. The molecule has 0 spiro atoms. The first-order valence-electron chi connectivity index (χ1n) is 6.84. The van der Waals surface area contributed by atoms with Gasteiger partial charge in [-0.1, -0.05) is 20.8 Å². The van der Waals surface area contributed by atoms with E-state index in [1.165, 1.54) is 6.42 Å². The van der Waals surface area contributed by atoms with Crippen molar-refractivity contribution in [2.75, 3.05) is 32.7 Å². The van der Waals surface area contributed by atoms with Gasteiger partial charge in [0.25, 0.3) is 0 Å². The lowest BCUT2D eigenvalue weighted by Gasteiger charge is -2.40. The summed E-state index contributed by atoms with van der Waals surface area (Å²) in [6.07, 6.45) is 1.22. The van der Waals surface area contributed by atoms with Crippen molar-refractivity contribution in [3.8, 4) is 0 Å². The van der Waals surface area contributed by atoms with E-state index >= 15 is 0 Å². The van der Waals surface area contributed by atoms with Crippen molar-refractivity contribution < 1.29 is 4.79 Å². The number of hydrogen-bond acceptors (Lipinski definition) is 3. The molecule has 1 fully saturated rings. The fourth-order valence-electron chi connectivity index (χ4n) is 2.29. The Kier molecular flexibility index (Phi) is 5.14. The number of carbonyl (C=O) groups excluding carboxylic acids is 1. The van der Waals surface area contributed by atoms with E-state index in [1.807, 2.05) is 0 Å². The van der Waals surface area contributed by atoms with Crippen LogP contribution in [0.5, 0.6) is 0 Å².